The molecule has 0 aromatic heterocycles. The maximum atomic E-state index is 13.1. The number of fused-ring (bicyclic) bond motifs is 1. The lowest BCUT2D eigenvalue weighted by Crippen LogP contribution is -2.45. The predicted molar refractivity (Wildman–Crippen MR) is 119 cm³/mol. The lowest BCUT2D eigenvalue weighted by Gasteiger charge is -2.31. The maximum absolute atomic E-state index is 13.1. The molecule has 0 spiro atoms. The van der Waals surface area contributed by atoms with Crippen molar-refractivity contribution in [1.82, 2.24) is 9.62 Å². The number of halogens is 1. The number of hydrogen-bond donors (Lipinski definition) is 1. The lowest BCUT2D eigenvalue weighted by atomic mass is 9.98. The van der Waals surface area contributed by atoms with Gasteiger partial charge < -0.3 is 19.5 Å². The van der Waals surface area contributed by atoms with E-state index in [1.54, 1.807) is 12.1 Å². The Bertz CT molecular complexity index is 1110. The number of piperidine rings is 1. The molecule has 1 amide bonds. The number of ether oxygens (including phenoxy) is 3. The number of carbonyl (C=O) groups excluding carboxylic acids is 1. The molecule has 0 aliphatic carbocycles. The van der Waals surface area contributed by atoms with Crippen molar-refractivity contribution in [3.05, 3.63) is 47.0 Å². The van der Waals surface area contributed by atoms with E-state index < -0.39 is 15.9 Å². The van der Waals surface area contributed by atoms with E-state index in [9.17, 15) is 13.2 Å². The molecule has 1 fully saturated rings. The summed E-state index contributed by atoms with van der Waals surface area (Å²) >= 11 is 6.18. The zero-order valence-corrected chi connectivity index (χ0v) is 19.2. The second-order valence-corrected chi connectivity index (χ2v) is 9.98. The average Bonchev–Trinajstić information content (AvgIpc) is 3.27. The van der Waals surface area contributed by atoms with Crippen LogP contribution in [-0.4, -0.2) is 45.1 Å². The van der Waals surface area contributed by atoms with Crippen molar-refractivity contribution in [3.63, 3.8) is 0 Å². The zero-order valence-electron chi connectivity index (χ0n) is 17.7. The minimum absolute atomic E-state index is 0.0902. The molecule has 0 radical (unpaired) electrons. The van der Waals surface area contributed by atoms with Gasteiger partial charge in [-0.25, -0.2) is 8.42 Å². The molecule has 2 aromatic rings. The van der Waals surface area contributed by atoms with Crippen molar-refractivity contribution < 1.29 is 27.4 Å². The van der Waals surface area contributed by atoms with Crippen molar-refractivity contribution in [3.8, 4) is 17.2 Å². The summed E-state index contributed by atoms with van der Waals surface area (Å²) in [6, 6.07) is 9.93. The summed E-state index contributed by atoms with van der Waals surface area (Å²) in [5.74, 6) is 1.17. The van der Waals surface area contributed by atoms with Crippen LogP contribution in [-0.2, 0) is 21.4 Å². The topological polar surface area (TPSA) is 94.2 Å². The van der Waals surface area contributed by atoms with Gasteiger partial charge in [0, 0.05) is 19.6 Å². The van der Waals surface area contributed by atoms with Crippen molar-refractivity contribution in [1.29, 1.82) is 0 Å². The van der Waals surface area contributed by atoms with Gasteiger partial charge in [0.15, 0.2) is 11.5 Å². The molecular weight excluding hydrogens is 456 g/mol. The first kappa shape index (κ1) is 22.7. The standard InChI is InChI=1S/C22H25ClN2O6S/c1-2-29-19-8-6-17(11-18(19)23)32(27,28)25-9-3-4-16(13-25)22(26)24-12-15-5-7-20-21(10-15)31-14-30-20/h5-8,10-11,16H,2-4,9,12-14H2,1H3,(H,24,26). The molecule has 2 aliphatic heterocycles. The highest BCUT2D eigenvalue weighted by Crippen LogP contribution is 2.33. The molecule has 1 saturated heterocycles. The number of sulfonamides is 1. The highest BCUT2D eigenvalue weighted by Gasteiger charge is 2.33. The molecule has 8 nitrogen and oxygen atoms in total. The van der Waals surface area contributed by atoms with Crippen LogP contribution >= 0.6 is 11.6 Å². The number of rotatable bonds is 7. The second kappa shape index (κ2) is 9.56. The van der Waals surface area contributed by atoms with Gasteiger partial charge >= 0.3 is 0 Å². The van der Waals surface area contributed by atoms with Crippen molar-refractivity contribution in [2.45, 2.75) is 31.2 Å². The van der Waals surface area contributed by atoms with Gasteiger partial charge in [0.05, 0.1) is 22.4 Å². The highest BCUT2D eigenvalue weighted by atomic mass is 35.5. The summed E-state index contributed by atoms with van der Waals surface area (Å²) in [7, 11) is -3.77. The van der Waals surface area contributed by atoms with Gasteiger partial charge in [-0.2, -0.15) is 4.31 Å². The molecule has 172 valence electrons. The van der Waals surface area contributed by atoms with Crippen molar-refractivity contribution >= 4 is 27.5 Å². The molecule has 1 atom stereocenters. The summed E-state index contributed by atoms with van der Waals surface area (Å²) in [6.45, 7) is 3.26. The minimum atomic E-state index is -3.77. The fourth-order valence-corrected chi connectivity index (χ4v) is 5.67. The van der Waals surface area contributed by atoms with E-state index in [1.165, 1.54) is 16.4 Å². The van der Waals surface area contributed by atoms with Gasteiger partial charge in [-0.3, -0.25) is 4.79 Å². The van der Waals surface area contributed by atoms with Gasteiger partial charge in [-0.1, -0.05) is 17.7 Å². The summed E-state index contributed by atoms with van der Waals surface area (Å²) < 4.78 is 43.7. The van der Waals surface area contributed by atoms with Crippen LogP contribution in [0.4, 0.5) is 0 Å². The highest BCUT2D eigenvalue weighted by molar-refractivity contribution is 7.89. The SMILES string of the molecule is CCOc1ccc(S(=O)(=O)N2CCCC(C(=O)NCc3ccc4c(c3)OCO4)C2)cc1Cl. The van der Waals surface area contributed by atoms with Crippen molar-refractivity contribution in [2.24, 2.45) is 5.92 Å². The fourth-order valence-electron chi connectivity index (χ4n) is 3.82. The molecule has 0 saturated carbocycles. The molecular formula is C22H25ClN2O6S. The van der Waals surface area contributed by atoms with Crippen LogP contribution in [0.3, 0.4) is 0 Å². The van der Waals surface area contributed by atoms with Crippen LogP contribution in [0.2, 0.25) is 5.02 Å². The molecule has 0 bridgehead atoms. The van der Waals surface area contributed by atoms with E-state index in [1.807, 2.05) is 19.1 Å². The van der Waals surface area contributed by atoms with Gasteiger partial charge in [0.25, 0.3) is 0 Å². The molecule has 4 rings (SSSR count). The van der Waals surface area contributed by atoms with Crippen LogP contribution in [0.5, 0.6) is 17.2 Å². The average molecular weight is 481 g/mol. The molecule has 10 heteroatoms. The summed E-state index contributed by atoms with van der Waals surface area (Å²) in [6.07, 6.45) is 1.23. The number of hydrogen-bond acceptors (Lipinski definition) is 6. The summed E-state index contributed by atoms with van der Waals surface area (Å²) in [5, 5.41) is 3.15. The quantitative estimate of drug-likeness (QED) is 0.654. The smallest absolute Gasteiger partial charge is 0.243 e. The van der Waals surface area contributed by atoms with Gasteiger partial charge in [-0.15, -0.1) is 0 Å². The summed E-state index contributed by atoms with van der Waals surface area (Å²) in [5.41, 5.74) is 0.881. The number of carbonyl (C=O) groups is 1. The van der Waals surface area contributed by atoms with E-state index in [4.69, 9.17) is 25.8 Å². The Morgan fingerprint density at radius 1 is 1.22 bits per heavy atom. The van der Waals surface area contributed by atoms with Crippen LogP contribution in [0.1, 0.15) is 25.3 Å². The molecule has 1 unspecified atom stereocenters. The van der Waals surface area contributed by atoms with E-state index >= 15 is 0 Å². The van der Waals surface area contributed by atoms with Gasteiger partial charge in [-0.05, 0) is 55.7 Å². The summed E-state index contributed by atoms with van der Waals surface area (Å²) in [4.78, 5) is 12.8. The van der Waals surface area contributed by atoms with E-state index in [0.717, 1.165) is 5.56 Å². The van der Waals surface area contributed by atoms with E-state index in [0.29, 0.717) is 49.8 Å². The number of nitrogens with one attached hydrogen (secondary N) is 1. The Kier molecular flexibility index (Phi) is 6.78. The van der Waals surface area contributed by atoms with Crippen LogP contribution in [0.25, 0.3) is 0 Å². The maximum Gasteiger partial charge on any atom is 0.243 e. The van der Waals surface area contributed by atoms with Crippen molar-refractivity contribution in [2.75, 3.05) is 26.5 Å². The molecule has 32 heavy (non-hydrogen) atoms. The fraction of sp³-hybridized carbons (Fsp3) is 0.409. The first-order valence-corrected chi connectivity index (χ1v) is 12.3. The Morgan fingerprint density at radius 2 is 2.03 bits per heavy atom. The zero-order chi connectivity index (χ0) is 22.7. The molecule has 1 N–H and O–H groups in total. The first-order chi connectivity index (χ1) is 15.4. The molecule has 2 aliphatic rings. The third kappa shape index (κ3) is 4.79. The number of amides is 1. The van der Waals surface area contributed by atoms with E-state index in [-0.39, 0.29) is 29.2 Å². The third-order valence-electron chi connectivity index (χ3n) is 5.50. The lowest BCUT2D eigenvalue weighted by molar-refractivity contribution is -0.126. The molecule has 2 aromatic carbocycles. The third-order valence-corrected chi connectivity index (χ3v) is 7.66. The second-order valence-electron chi connectivity index (χ2n) is 7.63. The Hall–Kier alpha value is -2.49. The Balaban J connectivity index is 1.40. The first-order valence-electron chi connectivity index (χ1n) is 10.5. The minimum Gasteiger partial charge on any atom is -0.492 e. The van der Waals surface area contributed by atoms with Gasteiger partial charge in [0.2, 0.25) is 22.7 Å². The Morgan fingerprint density at radius 3 is 2.81 bits per heavy atom. The number of benzene rings is 2. The largest absolute Gasteiger partial charge is 0.492 e. The van der Waals surface area contributed by atoms with Crippen LogP contribution < -0.4 is 19.5 Å². The molecule has 2 heterocycles. The predicted octanol–water partition coefficient (Wildman–Crippen LogP) is 3.18. The van der Waals surface area contributed by atoms with Crippen LogP contribution in [0, 0.1) is 5.92 Å². The van der Waals surface area contributed by atoms with Gasteiger partial charge in [0.1, 0.15) is 5.75 Å². The Labute approximate surface area is 192 Å². The normalized spacial score (nSPS) is 18.4. The number of nitrogens with zero attached hydrogens (tertiary/aromatic N) is 1. The van der Waals surface area contributed by atoms with E-state index in [2.05, 4.69) is 5.32 Å². The van der Waals surface area contributed by atoms with Crippen LogP contribution in [0.15, 0.2) is 41.3 Å². The monoisotopic (exact) mass is 480 g/mol.